The van der Waals surface area contributed by atoms with Gasteiger partial charge in [-0.2, -0.15) is 0 Å². The fraction of sp³-hybridized carbons (Fsp3) is 0.368. The lowest BCUT2D eigenvalue weighted by molar-refractivity contribution is -0.384. The van der Waals surface area contributed by atoms with E-state index in [4.69, 9.17) is 5.11 Å². The van der Waals surface area contributed by atoms with Gasteiger partial charge < -0.3 is 15.7 Å². The monoisotopic (exact) mass is 429 g/mol. The molecule has 0 aromatic carbocycles. The number of carbonyl (C=O) groups is 1. The minimum Gasteiger partial charge on any atom is -0.465 e. The van der Waals surface area contributed by atoms with Crippen LogP contribution >= 0.6 is 0 Å². The molecule has 3 aromatic rings. The van der Waals surface area contributed by atoms with E-state index in [1.54, 1.807) is 0 Å². The Kier molecular flexibility index (Phi) is 5.60. The zero-order valence-corrected chi connectivity index (χ0v) is 16.4. The Labute approximate surface area is 175 Å². The smallest absolute Gasteiger partial charge is 0.404 e. The van der Waals surface area contributed by atoms with Crippen molar-refractivity contribution >= 4 is 23.2 Å². The molecule has 0 atom stereocenters. The molecule has 1 saturated carbocycles. The van der Waals surface area contributed by atoms with Crippen LogP contribution in [0.5, 0.6) is 0 Å². The maximum atomic E-state index is 13.7. The number of carboxylic acid groups (broad SMARTS) is 1. The molecule has 0 bridgehead atoms. The summed E-state index contributed by atoms with van der Waals surface area (Å²) in [6.45, 7) is 0.394. The van der Waals surface area contributed by atoms with Gasteiger partial charge >= 0.3 is 11.8 Å². The fourth-order valence-electron chi connectivity index (χ4n) is 3.79. The van der Waals surface area contributed by atoms with Gasteiger partial charge in [-0.1, -0.05) is 0 Å². The summed E-state index contributed by atoms with van der Waals surface area (Å²) in [5.74, 6) is 0.0540. The number of fused-ring (bicyclic) bond motifs is 1. The molecule has 11 nitrogen and oxygen atoms in total. The highest BCUT2D eigenvalue weighted by molar-refractivity contribution is 5.64. The Balaban J connectivity index is 1.55. The van der Waals surface area contributed by atoms with Crippen LogP contribution in [0.3, 0.4) is 0 Å². The third-order valence-electron chi connectivity index (χ3n) is 5.39. The van der Waals surface area contributed by atoms with Crippen LogP contribution in [-0.2, 0) is 0 Å². The number of nitro groups is 1. The molecule has 12 heteroatoms. The van der Waals surface area contributed by atoms with Crippen LogP contribution < -0.4 is 10.6 Å². The molecule has 0 radical (unpaired) electrons. The molecule has 0 saturated heterocycles. The molecule has 3 heterocycles. The van der Waals surface area contributed by atoms with Crippen LogP contribution in [0, 0.1) is 21.8 Å². The van der Waals surface area contributed by atoms with Crippen LogP contribution in [0.1, 0.15) is 25.7 Å². The van der Waals surface area contributed by atoms with Gasteiger partial charge in [0.25, 0.3) is 0 Å². The highest BCUT2D eigenvalue weighted by Gasteiger charge is 2.26. The largest absolute Gasteiger partial charge is 0.465 e. The summed E-state index contributed by atoms with van der Waals surface area (Å²) in [5.41, 5.74) is 0.662. The molecule has 3 aromatic heterocycles. The minimum atomic E-state index is -1.04. The van der Waals surface area contributed by atoms with E-state index < -0.39 is 16.8 Å². The Morgan fingerprint density at radius 3 is 2.74 bits per heavy atom. The normalized spacial score (nSPS) is 18.6. The van der Waals surface area contributed by atoms with Crippen LogP contribution in [0.2, 0.25) is 0 Å². The molecule has 0 unspecified atom stereocenters. The second-order valence-electron chi connectivity index (χ2n) is 7.45. The predicted molar refractivity (Wildman–Crippen MR) is 108 cm³/mol. The summed E-state index contributed by atoms with van der Waals surface area (Å²) < 4.78 is 15.2. The van der Waals surface area contributed by atoms with E-state index in [0.717, 1.165) is 31.9 Å². The van der Waals surface area contributed by atoms with Crippen LogP contribution in [0.4, 0.5) is 20.7 Å². The Morgan fingerprint density at radius 2 is 2.03 bits per heavy atom. The number of nitrogens with zero attached hydrogens (tertiary/aromatic N) is 5. The summed E-state index contributed by atoms with van der Waals surface area (Å²) >= 11 is 0. The number of hydrogen-bond acceptors (Lipinski definition) is 7. The van der Waals surface area contributed by atoms with E-state index in [0.29, 0.717) is 17.9 Å². The number of rotatable bonds is 6. The van der Waals surface area contributed by atoms with Crippen LogP contribution in [-0.4, -0.2) is 48.1 Å². The number of anilines is 1. The topological polar surface area (TPSA) is 148 Å². The first-order valence-electron chi connectivity index (χ1n) is 9.78. The first-order chi connectivity index (χ1) is 14.9. The van der Waals surface area contributed by atoms with Crippen molar-refractivity contribution in [3.63, 3.8) is 0 Å². The number of pyridine rings is 1. The van der Waals surface area contributed by atoms with Crippen LogP contribution in [0.15, 0.2) is 30.7 Å². The van der Waals surface area contributed by atoms with E-state index in [-0.39, 0.29) is 29.3 Å². The zero-order valence-electron chi connectivity index (χ0n) is 16.4. The van der Waals surface area contributed by atoms with Crippen molar-refractivity contribution in [3.8, 4) is 11.5 Å². The Bertz CT molecular complexity index is 1130. The first kappa shape index (κ1) is 20.4. The van der Waals surface area contributed by atoms with Gasteiger partial charge in [-0.05, 0) is 43.7 Å². The summed E-state index contributed by atoms with van der Waals surface area (Å²) in [6, 6.07) is 2.77. The minimum absolute atomic E-state index is 0.0397. The summed E-state index contributed by atoms with van der Waals surface area (Å²) in [5, 5.41) is 25.7. The van der Waals surface area contributed by atoms with Crippen molar-refractivity contribution < 1.29 is 19.2 Å². The summed E-state index contributed by atoms with van der Waals surface area (Å²) in [7, 11) is 0. The SMILES string of the molecule is O=C(O)NCC1CCC(Nc2nc(-c3cnc4ccc(F)cn34)ncc2[N+](=O)[O-])CC1. The molecular formula is C19H20FN7O4. The predicted octanol–water partition coefficient (Wildman–Crippen LogP) is 3.08. The first-order valence-corrected chi connectivity index (χ1v) is 9.78. The standard InChI is InChI=1S/C19H20FN7O4/c20-12-3-6-16-21-8-14(26(16)10-12)17-22-9-15(27(30)31)18(25-17)24-13-4-1-11(2-5-13)7-23-19(28)29/h3,6,8-11,13,23H,1-2,4-5,7H2,(H,28,29)(H,22,24,25). The van der Waals surface area contributed by atoms with Gasteiger partial charge in [-0.25, -0.2) is 24.1 Å². The molecule has 1 fully saturated rings. The molecule has 162 valence electrons. The van der Waals surface area contributed by atoms with Gasteiger partial charge in [0, 0.05) is 18.8 Å². The maximum Gasteiger partial charge on any atom is 0.404 e. The molecular weight excluding hydrogens is 409 g/mol. The van der Waals surface area contributed by atoms with E-state index in [9.17, 15) is 19.3 Å². The van der Waals surface area contributed by atoms with E-state index in [1.165, 1.54) is 28.9 Å². The van der Waals surface area contributed by atoms with Gasteiger partial charge in [0.05, 0.1) is 11.1 Å². The molecule has 1 amide bonds. The van der Waals surface area contributed by atoms with Crippen molar-refractivity contribution in [2.24, 2.45) is 5.92 Å². The average molecular weight is 429 g/mol. The second kappa shape index (κ2) is 8.50. The van der Waals surface area contributed by atoms with Gasteiger partial charge in [-0.15, -0.1) is 0 Å². The Hall–Kier alpha value is -3.83. The quantitative estimate of drug-likeness (QED) is 0.400. The van der Waals surface area contributed by atoms with Crippen molar-refractivity contribution in [2.75, 3.05) is 11.9 Å². The van der Waals surface area contributed by atoms with Gasteiger partial charge in [-0.3, -0.25) is 14.5 Å². The van der Waals surface area contributed by atoms with E-state index >= 15 is 0 Å². The number of halogens is 1. The zero-order chi connectivity index (χ0) is 22.0. The lowest BCUT2D eigenvalue weighted by atomic mass is 9.86. The third kappa shape index (κ3) is 4.52. The highest BCUT2D eigenvalue weighted by Crippen LogP contribution is 2.30. The van der Waals surface area contributed by atoms with E-state index in [2.05, 4.69) is 25.6 Å². The average Bonchev–Trinajstić information content (AvgIpc) is 3.16. The van der Waals surface area contributed by atoms with Gasteiger partial charge in [0.15, 0.2) is 5.82 Å². The molecule has 1 aliphatic carbocycles. The number of nitrogens with one attached hydrogen (secondary N) is 2. The van der Waals surface area contributed by atoms with Gasteiger partial charge in [0.1, 0.15) is 23.4 Å². The molecule has 31 heavy (non-hydrogen) atoms. The molecule has 0 spiro atoms. The van der Waals surface area contributed by atoms with Crippen molar-refractivity contribution in [3.05, 3.63) is 46.7 Å². The van der Waals surface area contributed by atoms with Crippen LogP contribution in [0.25, 0.3) is 17.2 Å². The second-order valence-corrected chi connectivity index (χ2v) is 7.45. The lowest BCUT2D eigenvalue weighted by Gasteiger charge is -2.29. The molecule has 0 aliphatic heterocycles. The number of imidazole rings is 1. The number of hydrogen-bond donors (Lipinski definition) is 3. The third-order valence-corrected chi connectivity index (χ3v) is 5.39. The summed E-state index contributed by atoms with van der Waals surface area (Å²) in [6.07, 6.45) is 5.85. The van der Waals surface area contributed by atoms with Gasteiger partial charge in [0.2, 0.25) is 5.82 Å². The molecule has 3 N–H and O–H groups in total. The summed E-state index contributed by atoms with van der Waals surface area (Å²) in [4.78, 5) is 34.2. The highest BCUT2D eigenvalue weighted by atomic mass is 19.1. The lowest BCUT2D eigenvalue weighted by Crippen LogP contribution is -2.33. The van der Waals surface area contributed by atoms with Crippen molar-refractivity contribution in [1.82, 2.24) is 24.7 Å². The maximum absolute atomic E-state index is 13.7. The Morgan fingerprint density at radius 1 is 1.26 bits per heavy atom. The van der Waals surface area contributed by atoms with Crippen molar-refractivity contribution in [2.45, 2.75) is 31.7 Å². The number of amides is 1. The molecule has 1 aliphatic rings. The molecule has 4 rings (SSSR count). The number of aromatic nitrogens is 4. The van der Waals surface area contributed by atoms with Crippen molar-refractivity contribution in [1.29, 1.82) is 0 Å². The van der Waals surface area contributed by atoms with E-state index in [1.807, 2.05) is 0 Å². The fourth-order valence-corrected chi connectivity index (χ4v) is 3.79.